The molecule has 1 aliphatic heterocycles. The Morgan fingerprint density at radius 1 is 1.46 bits per heavy atom. The van der Waals surface area contributed by atoms with E-state index in [1.165, 1.54) is 4.68 Å². The maximum atomic E-state index is 12.7. The van der Waals surface area contributed by atoms with Crippen molar-refractivity contribution in [3.05, 3.63) is 50.9 Å². The van der Waals surface area contributed by atoms with Crippen molar-refractivity contribution in [3.63, 3.8) is 0 Å². The van der Waals surface area contributed by atoms with Crippen LogP contribution in [0.5, 0.6) is 0 Å². The molecule has 1 amide bonds. The number of amides is 1. The summed E-state index contributed by atoms with van der Waals surface area (Å²) in [5.74, 6) is 0.0936. The van der Waals surface area contributed by atoms with Crippen molar-refractivity contribution in [3.8, 4) is 5.82 Å². The second kappa shape index (κ2) is 7.13. The van der Waals surface area contributed by atoms with Crippen LogP contribution in [0.25, 0.3) is 5.82 Å². The number of halogens is 3. The molecule has 0 aliphatic carbocycles. The fourth-order valence-electron chi connectivity index (χ4n) is 2.42. The fourth-order valence-corrected chi connectivity index (χ4v) is 3.32. The van der Waals surface area contributed by atoms with E-state index in [0.717, 1.165) is 13.0 Å². The highest BCUT2D eigenvalue weighted by atomic mass is 79.9. The molecule has 0 aromatic carbocycles. The van der Waals surface area contributed by atoms with Gasteiger partial charge < -0.3 is 10.2 Å². The van der Waals surface area contributed by atoms with Crippen LogP contribution in [0.2, 0.25) is 5.02 Å². The molecule has 6 nitrogen and oxygen atoms in total. The predicted octanol–water partition coefficient (Wildman–Crippen LogP) is 3.20. The number of nitrogens with zero attached hydrogens (tertiary/aromatic N) is 4. The van der Waals surface area contributed by atoms with Gasteiger partial charge in [0, 0.05) is 32.1 Å². The lowest BCUT2D eigenvalue weighted by Crippen LogP contribution is -2.40. The molecule has 1 aliphatic rings. The number of rotatable bonds is 3. The van der Waals surface area contributed by atoms with E-state index in [2.05, 4.69) is 31.3 Å². The number of pyridine rings is 1. The topological polar surface area (TPSA) is 63.1 Å². The van der Waals surface area contributed by atoms with E-state index in [0.29, 0.717) is 26.2 Å². The maximum Gasteiger partial charge on any atom is 0.270 e. The van der Waals surface area contributed by atoms with Crippen molar-refractivity contribution in [2.45, 2.75) is 12.5 Å². The molecule has 3 rings (SSSR count). The fraction of sp³-hybridized carbons (Fsp3) is 0.267. The quantitative estimate of drug-likeness (QED) is 0.812. The molecule has 0 bridgehead atoms. The summed E-state index contributed by atoms with van der Waals surface area (Å²) >= 11 is 15.7. The number of hydrogen-bond acceptors (Lipinski definition) is 4. The lowest BCUT2D eigenvalue weighted by atomic mass is 10.1. The Labute approximate surface area is 157 Å². The highest BCUT2D eigenvalue weighted by Gasteiger charge is 2.24. The Morgan fingerprint density at radius 2 is 2.25 bits per heavy atom. The van der Waals surface area contributed by atoms with Gasteiger partial charge in [0.15, 0.2) is 5.82 Å². The lowest BCUT2D eigenvalue weighted by Gasteiger charge is -2.27. The van der Waals surface area contributed by atoms with Crippen molar-refractivity contribution in [2.24, 2.45) is 0 Å². The third-order valence-electron chi connectivity index (χ3n) is 3.60. The Morgan fingerprint density at radius 3 is 2.96 bits per heavy atom. The van der Waals surface area contributed by atoms with Gasteiger partial charge in [-0.25, -0.2) is 9.67 Å². The molecule has 3 heterocycles. The van der Waals surface area contributed by atoms with Crippen LogP contribution in [0.4, 0.5) is 0 Å². The summed E-state index contributed by atoms with van der Waals surface area (Å²) in [5, 5.41) is 8.18. The molecule has 0 saturated heterocycles. The summed E-state index contributed by atoms with van der Waals surface area (Å²) in [6, 6.07) is 4.80. The Kier molecular flexibility index (Phi) is 5.12. The highest BCUT2D eigenvalue weighted by Crippen LogP contribution is 2.22. The molecular formula is C15H14BrCl2N5O. The van der Waals surface area contributed by atoms with E-state index in [-0.39, 0.29) is 11.9 Å². The molecule has 126 valence electrons. The summed E-state index contributed by atoms with van der Waals surface area (Å²) in [6.07, 6.45) is 4.14. The predicted molar refractivity (Wildman–Crippen MR) is 96.5 cm³/mol. The van der Waals surface area contributed by atoms with Gasteiger partial charge in [0.2, 0.25) is 0 Å². The largest absolute Gasteiger partial charge is 0.379 e. The normalized spacial score (nSPS) is 17.6. The molecule has 0 radical (unpaired) electrons. The van der Waals surface area contributed by atoms with Crippen molar-refractivity contribution in [1.82, 2.24) is 25.0 Å². The van der Waals surface area contributed by atoms with E-state index in [4.69, 9.17) is 23.2 Å². The van der Waals surface area contributed by atoms with Gasteiger partial charge in [-0.3, -0.25) is 4.79 Å². The number of carbonyl (C=O) groups excluding carboxylic acids is 1. The SMILES string of the molecule is CN1C=C(Cl)C(NC(=O)c2cc(Br)nn2-c2ncccc2Cl)CC1. The Hall–Kier alpha value is -1.57. The average molecular weight is 431 g/mol. The number of carbonyl (C=O) groups is 1. The van der Waals surface area contributed by atoms with Gasteiger partial charge in [-0.05, 0) is 34.5 Å². The van der Waals surface area contributed by atoms with Crippen LogP contribution in [-0.4, -0.2) is 45.2 Å². The summed E-state index contributed by atoms with van der Waals surface area (Å²) in [5.41, 5.74) is 0.325. The Balaban J connectivity index is 1.89. The lowest BCUT2D eigenvalue weighted by molar-refractivity contribution is 0.0931. The zero-order chi connectivity index (χ0) is 17.3. The molecule has 1 unspecified atom stereocenters. The van der Waals surface area contributed by atoms with Gasteiger partial charge in [-0.2, -0.15) is 5.10 Å². The first kappa shape index (κ1) is 17.3. The Bertz CT molecular complexity index is 807. The average Bonchev–Trinajstić information content (AvgIpc) is 2.92. The van der Waals surface area contributed by atoms with E-state index >= 15 is 0 Å². The minimum atomic E-state index is -0.295. The minimum absolute atomic E-state index is 0.225. The molecule has 1 N–H and O–H groups in total. The third kappa shape index (κ3) is 3.58. The first-order valence-corrected chi connectivity index (χ1v) is 8.75. The first-order chi connectivity index (χ1) is 11.5. The van der Waals surface area contributed by atoms with Gasteiger partial charge in [-0.15, -0.1) is 0 Å². The van der Waals surface area contributed by atoms with Crippen LogP contribution in [0.3, 0.4) is 0 Å². The molecule has 9 heteroatoms. The van der Waals surface area contributed by atoms with Crippen molar-refractivity contribution < 1.29 is 4.79 Å². The summed E-state index contributed by atoms with van der Waals surface area (Å²) in [4.78, 5) is 18.9. The number of hydrogen-bond donors (Lipinski definition) is 1. The molecule has 2 aromatic rings. The summed E-state index contributed by atoms with van der Waals surface area (Å²) in [7, 11) is 1.94. The van der Waals surface area contributed by atoms with Crippen LogP contribution in [-0.2, 0) is 0 Å². The van der Waals surface area contributed by atoms with Crippen LogP contribution >= 0.6 is 39.1 Å². The van der Waals surface area contributed by atoms with Crippen LogP contribution in [0.15, 0.2) is 40.2 Å². The molecule has 1 atom stereocenters. The second-order valence-corrected chi connectivity index (χ2v) is 7.04. The molecule has 24 heavy (non-hydrogen) atoms. The zero-order valence-electron chi connectivity index (χ0n) is 12.7. The van der Waals surface area contributed by atoms with Gasteiger partial charge in [0.25, 0.3) is 5.91 Å². The molecule has 2 aromatic heterocycles. The second-order valence-electron chi connectivity index (χ2n) is 5.38. The molecular weight excluding hydrogens is 417 g/mol. The van der Waals surface area contributed by atoms with Gasteiger partial charge in [-0.1, -0.05) is 23.2 Å². The van der Waals surface area contributed by atoms with E-state index in [9.17, 15) is 4.79 Å². The van der Waals surface area contributed by atoms with Gasteiger partial charge in [0.05, 0.1) is 16.1 Å². The molecule has 0 saturated carbocycles. The third-order valence-corrected chi connectivity index (χ3v) is 4.65. The highest BCUT2D eigenvalue weighted by molar-refractivity contribution is 9.10. The zero-order valence-corrected chi connectivity index (χ0v) is 15.8. The maximum absolute atomic E-state index is 12.7. The van der Waals surface area contributed by atoms with E-state index in [1.54, 1.807) is 24.4 Å². The van der Waals surface area contributed by atoms with Crippen molar-refractivity contribution >= 4 is 45.0 Å². The number of aromatic nitrogens is 3. The van der Waals surface area contributed by atoms with Gasteiger partial charge >= 0.3 is 0 Å². The van der Waals surface area contributed by atoms with Crippen LogP contribution in [0, 0.1) is 0 Å². The monoisotopic (exact) mass is 429 g/mol. The van der Waals surface area contributed by atoms with Crippen molar-refractivity contribution in [1.29, 1.82) is 0 Å². The molecule has 0 fully saturated rings. The molecule has 0 spiro atoms. The van der Waals surface area contributed by atoms with E-state index in [1.807, 2.05) is 18.1 Å². The summed E-state index contributed by atoms with van der Waals surface area (Å²) in [6.45, 7) is 0.816. The smallest absolute Gasteiger partial charge is 0.270 e. The standard InChI is InChI=1S/C15H14BrCl2N5O/c1-22-6-4-11(10(18)8-22)20-15(24)12-7-13(16)21-23(12)14-9(17)3-2-5-19-14/h2-3,5,7-8,11H,4,6H2,1H3,(H,20,24). The minimum Gasteiger partial charge on any atom is -0.379 e. The first-order valence-electron chi connectivity index (χ1n) is 7.20. The summed E-state index contributed by atoms with van der Waals surface area (Å²) < 4.78 is 1.92. The van der Waals surface area contributed by atoms with E-state index < -0.39 is 0 Å². The number of nitrogens with one attached hydrogen (secondary N) is 1. The van der Waals surface area contributed by atoms with Crippen molar-refractivity contribution in [2.75, 3.05) is 13.6 Å². The van der Waals surface area contributed by atoms with Gasteiger partial charge in [0.1, 0.15) is 10.3 Å². The van der Waals surface area contributed by atoms with Crippen LogP contribution in [0.1, 0.15) is 16.9 Å². The van der Waals surface area contributed by atoms with Crippen LogP contribution < -0.4 is 5.32 Å².